The van der Waals surface area contributed by atoms with Crippen molar-refractivity contribution in [2.24, 2.45) is 0 Å². The quantitative estimate of drug-likeness (QED) is 0.350. The van der Waals surface area contributed by atoms with Crippen molar-refractivity contribution in [2.75, 3.05) is 19.5 Å². The van der Waals surface area contributed by atoms with Gasteiger partial charge < -0.3 is 29.6 Å². The van der Waals surface area contributed by atoms with Gasteiger partial charge in [-0.15, -0.1) is 0 Å². The summed E-state index contributed by atoms with van der Waals surface area (Å²) in [6, 6.07) is 10.1. The number of urea groups is 1. The Balaban J connectivity index is 1.59. The fourth-order valence-electron chi connectivity index (χ4n) is 3.91. The minimum absolute atomic E-state index is 0.135. The Kier molecular flexibility index (Phi) is 5.69. The molecule has 0 saturated heterocycles. The van der Waals surface area contributed by atoms with E-state index in [4.69, 9.17) is 14.0 Å². The van der Waals surface area contributed by atoms with E-state index in [-0.39, 0.29) is 17.6 Å². The third-order valence-corrected chi connectivity index (χ3v) is 5.63. The number of aromatic amines is 1. The van der Waals surface area contributed by atoms with E-state index in [1.807, 2.05) is 25.1 Å². The van der Waals surface area contributed by atoms with Gasteiger partial charge in [-0.05, 0) is 48.9 Å². The fraction of sp³-hybridized carbons (Fsp3) is 0.200. The van der Waals surface area contributed by atoms with E-state index in [1.165, 1.54) is 7.05 Å². The second-order valence-electron chi connectivity index (χ2n) is 7.95. The lowest BCUT2D eigenvalue weighted by Gasteiger charge is -2.04. The number of allylic oxidation sites excluding steroid dienone is 1. The summed E-state index contributed by atoms with van der Waals surface area (Å²) in [5, 5.41) is 10.00. The number of nitrogens with one attached hydrogen (secondary N) is 3. The molecule has 0 bridgehead atoms. The Hall–Kier alpha value is -4.60. The molecule has 0 spiro atoms. The van der Waals surface area contributed by atoms with Crippen LogP contribution in [0.25, 0.3) is 28.6 Å². The van der Waals surface area contributed by atoms with Crippen molar-refractivity contribution >= 4 is 34.5 Å². The lowest BCUT2D eigenvalue weighted by atomic mass is 10.1. The van der Waals surface area contributed by atoms with Crippen molar-refractivity contribution in [3.63, 3.8) is 0 Å². The molecule has 1 aliphatic heterocycles. The van der Waals surface area contributed by atoms with Crippen molar-refractivity contribution < 1.29 is 23.6 Å². The van der Waals surface area contributed by atoms with Crippen LogP contribution in [0.5, 0.6) is 11.5 Å². The largest absolute Gasteiger partial charge is 0.497 e. The van der Waals surface area contributed by atoms with Gasteiger partial charge in [-0.25, -0.2) is 4.79 Å². The van der Waals surface area contributed by atoms with Crippen LogP contribution in [0.4, 0.5) is 10.5 Å². The van der Waals surface area contributed by atoms with Gasteiger partial charge >= 0.3 is 6.03 Å². The molecule has 0 atom stereocenters. The maximum absolute atomic E-state index is 13.2. The molecule has 0 aliphatic carbocycles. The number of H-pyrrole nitrogens is 1. The number of hydrogen-bond donors (Lipinski definition) is 3. The lowest BCUT2D eigenvalue weighted by molar-refractivity contribution is 0.101. The number of carbonyl (C=O) groups is 2. The van der Waals surface area contributed by atoms with Crippen LogP contribution in [0.2, 0.25) is 0 Å². The summed E-state index contributed by atoms with van der Waals surface area (Å²) in [6.45, 7) is 2.04. The summed E-state index contributed by atoms with van der Waals surface area (Å²) < 4.78 is 16.8. The van der Waals surface area contributed by atoms with E-state index in [9.17, 15) is 9.59 Å². The van der Waals surface area contributed by atoms with Crippen molar-refractivity contribution in [1.29, 1.82) is 0 Å². The van der Waals surface area contributed by atoms with Crippen LogP contribution >= 0.6 is 0 Å². The number of ketones is 1. The summed E-state index contributed by atoms with van der Waals surface area (Å²) in [5.74, 6) is 1.82. The summed E-state index contributed by atoms with van der Waals surface area (Å²) in [7, 11) is 3.10. The molecule has 178 valence electrons. The van der Waals surface area contributed by atoms with Crippen LogP contribution in [-0.2, 0) is 6.42 Å². The van der Waals surface area contributed by atoms with E-state index < -0.39 is 0 Å². The molecule has 1 aliphatic rings. The zero-order valence-electron chi connectivity index (χ0n) is 19.4. The number of aryl methyl sites for hydroxylation is 1. The first-order valence-electron chi connectivity index (χ1n) is 11.1. The number of carbonyl (C=O) groups excluding carboxylic acids is 2. The number of benzene rings is 2. The summed E-state index contributed by atoms with van der Waals surface area (Å²) in [6.07, 6.45) is 3.24. The van der Waals surface area contributed by atoms with Crippen molar-refractivity contribution in [2.45, 2.75) is 19.8 Å². The van der Waals surface area contributed by atoms with Gasteiger partial charge in [0, 0.05) is 35.6 Å². The molecule has 5 rings (SSSR count). The number of rotatable bonds is 6. The highest BCUT2D eigenvalue weighted by molar-refractivity contribution is 6.16. The van der Waals surface area contributed by atoms with Crippen molar-refractivity contribution in [1.82, 2.24) is 20.4 Å². The number of anilines is 1. The Morgan fingerprint density at radius 2 is 2.09 bits per heavy atom. The first kappa shape index (κ1) is 22.2. The number of methoxy groups -OCH3 is 1. The number of fused-ring (bicyclic) bond motifs is 2. The Labute approximate surface area is 200 Å². The first-order chi connectivity index (χ1) is 17.0. The average molecular weight is 473 g/mol. The smallest absolute Gasteiger partial charge is 0.318 e. The number of Topliss-reactive ketones (excluding diaryl/α,β-unsaturated/α-hetero) is 1. The molecule has 2 aromatic heterocycles. The minimum atomic E-state index is -0.383. The Morgan fingerprint density at radius 3 is 2.86 bits per heavy atom. The van der Waals surface area contributed by atoms with E-state index in [2.05, 4.69) is 25.8 Å². The van der Waals surface area contributed by atoms with Crippen LogP contribution in [0.1, 0.15) is 35.1 Å². The maximum Gasteiger partial charge on any atom is 0.318 e. The van der Waals surface area contributed by atoms with Crippen LogP contribution in [0, 0.1) is 0 Å². The molecular weight excluding hydrogens is 450 g/mol. The van der Waals surface area contributed by atoms with Gasteiger partial charge in [-0.1, -0.05) is 12.1 Å². The SMILES string of the molecule is CCCc1noc(-c2[nH]c3ccc(OC)cc3c2/C=C2\Oc3ccc(NC(=O)NC)cc3C2=O)n1. The maximum atomic E-state index is 13.2. The normalized spacial score (nSPS) is 13.7. The molecule has 10 heteroatoms. The molecule has 0 radical (unpaired) electrons. The third-order valence-electron chi connectivity index (χ3n) is 5.63. The van der Waals surface area contributed by atoms with Crippen LogP contribution < -0.4 is 20.1 Å². The van der Waals surface area contributed by atoms with Gasteiger partial charge in [0.05, 0.1) is 12.7 Å². The zero-order chi connectivity index (χ0) is 24.5. The summed E-state index contributed by atoms with van der Waals surface area (Å²) >= 11 is 0. The molecule has 4 aromatic rings. The van der Waals surface area contributed by atoms with Gasteiger partial charge in [0.2, 0.25) is 5.78 Å². The predicted molar refractivity (Wildman–Crippen MR) is 130 cm³/mol. The van der Waals surface area contributed by atoms with E-state index in [1.54, 1.807) is 31.4 Å². The number of ether oxygens (including phenoxy) is 2. The highest BCUT2D eigenvalue weighted by Gasteiger charge is 2.29. The average Bonchev–Trinajstić information content (AvgIpc) is 3.56. The molecule has 0 fully saturated rings. The highest BCUT2D eigenvalue weighted by atomic mass is 16.5. The van der Waals surface area contributed by atoms with E-state index >= 15 is 0 Å². The summed E-state index contributed by atoms with van der Waals surface area (Å²) in [4.78, 5) is 32.7. The lowest BCUT2D eigenvalue weighted by Crippen LogP contribution is -2.24. The standard InChI is InChI=1S/C25H23N5O5/c1-4-5-21-29-24(35-30-21)22-16(15-11-14(33-3)7-8-18(15)28-22)12-20-23(31)17-10-13(27-25(32)26-2)6-9-19(17)34-20/h6-12,28H,4-5H2,1-3H3,(H2,26,27,32)/b20-12-. The number of amides is 2. The monoisotopic (exact) mass is 473 g/mol. The third kappa shape index (κ3) is 4.10. The van der Waals surface area contributed by atoms with Crippen LogP contribution in [-0.4, -0.2) is 41.1 Å². The van der Waals surface area contributed by atoms with E-state index in [0.717, 1.165) is 17.3 Å². The van der Waals surface area contributed by atoms with Gasteiger partial charge in [-0.3, -0.25) is 4.79 Å². The minimum Gasteiger partial charge on any atom is -0.497 e. The molecule has 2 aromatic carbocycles. The Bertz CT molecular complexity index is 1480. The molecule has 2 amide bonds. The highest BCUT2D eigenvalue weighted by Crippen LogP contribution is 2.38. The second kappa shape index (κ2) is 8.98. The fourth-order valence-corrected chi connectivity index (χ4v) is 3.91. The number of nitrogens with zero attached hydrogens (tertiary/aromatic N) is 2. The Morgan fingerprint density at radius 1 is 1.23 bits per heavy atom. The van der Waals surface area contributed by atoms with Gasteiger partial charge in [0.15, 0.2) is 11.6 Å². The van der Waals surface area contributed by atoms with Crippen molar-refractivity contribution in [3.05, 3.63) is 59.1 Å². The zero-order valence-corrected chi connectivity index (χ0v) is 19.4. The van der Waals surface area contributed by atoms with Gasteiger partial charge in [0.25, 0.3) is 5.89 Å². The topological polar surface area (TPSA) is 131 Å². The first-order valence-corrected chi connectivity index (χ1v) is 11.1. The molecule has 3 heterocycles. The second-order valence-corrected chi connectivity index (χ2v) is 7.95. The molecule has 35 heavy (non-hydrogen) atoms. The van der Waals surface area contributed by atoms with Crippen molar-refractivity contribution in [3.8, 4) is 23.1 Å². The van der Waals surface area contributed by atoms with E-state index in [0.29, 0.717) is 52.1 Å². The molecular formula is C25H23N5O5. The van der Waals surface area contributed by atoms with Gasteiger partial charge in [0.1, 0.15) is 17.2 Å². The number of hydrogen-bond acceptors (Lipinski definition) is 7. The van der Waals surface area contributed by atoms with Gasteiger partial charge in [-0.2, -0.15) is 4.98 Å². The predicted octanol–water partition coefficient (Wildman–Crippen LogP) is 4.55. The molecule has 0 unspecified atom stereocenters. The number of aromatic nitrogens is 3. The van der Waals surface area contributed by atoms with Crippen LogP contribution in [0.3, 0.4) is 0 Å². The van der Waals surface area contributed by atoms with Crippen LogP contribution in [0.15, 0.2) is 46.7 Å². The molecule has 3 N–H and O–H groups in total. The molecule has 10 nitrogen and oxygen atoms in total. The summed E-state index contributed by atoms with van der Waals surface area (Å²) in [5.41, 5.74) is 2.87. The molecule has 0 saturated carbocycles.